The van der Waals surface area contributed by atoms with Crippen molar-refractivity contribution in [2.24, 2.45) is 0 Å². The van der Waals surface area contributed by atoms with E-state index in [0.717, 1.165) is 11.4 Å². The SMILES string of the molecule is CCCCN1CCCC1CBr. The second kappa shape index (κ2) is 5.15. The van der Waals surface area contributed by atoms with E-state index < -0.39 is 0 Å². The van der Waals surface area contributed by atoms with Crippen LogP contribution in [0, 0.1) is 0 Å². The number of nitrogens with zero attached hydrogens (tertiary/aromatic N) is 1. The van der Waals surface area contributed by atoms with Crippen molar-refractivity contribution in [1.29, 1.82) is 0 Å². The number of likely N-dealkylation sites (tertiary alicyclic amines) is 1. The van der Waals surface area contributed by atoms with Gasteiger partial charge in [-0.2, -0.15) is 0 Å². The summed E-state index contributed by atoms with van der Waals surface area (Å²) >= 11 is 3.57. The molecule has 0 amide bonds. The average molecular weight is 220 g/mol. The highest BCUT2D eigenvalue weighted by atomic mass is 79.9. The Hall–Kier alpha value is 0.440. The van der Waals surface area contributed by atoms with Gasteiger partial charge in [-0.3, -0.25) is 4.90 Å². The van der Waals surface area contributed by atoms with Crippen molar-refractivity contribution in [3.63, 3.8) is 0 Å². The van der Waals surface area contributed by atoms with Crippen LogP contribution in [0.3, 0.4) is 0 Å². The van der Waals surface area contributed by atoms with Gasteiger partial charge in [0.1, 0.15) is 0 Å². The normalized spacial score (nSPS) is 26.2. The summed E-state index contributed by atoms with van der Waals surface area (Å²) in [5.41, 5.74) is 0. The van der Waals surface area contributed by atoms with Crippen molar-refractivity contribution in [2.75, 3.05) is 18.4 Å². The molecule has 0 aromatic carbocycles. The first-order valence-corrected chi connectivity index (χ1v) is 5.80. The van der Waals surface area contributed by atoms with E-state index in [2.05, 4.69) is 27.8 Å². The topological polar surface area (TPSA) is 3.24 Å². The van der Waals surface area contributed by atoms with Crippen LogP contribution in [0.2, 0.25) is 0 Å². The summed E-state index contributed by atoms with van der Waals surface area (Å²) in [7, 11) is 0. The molecule has 0 bridgehead atoms. The lowest BCUT2D eigenvalue weighted by atomic mass is 10.2. The number of rotatable bonds is 4. The van der Waals surface area contributed by atoms with Gasteiger partial charge in [0.2, 0.25) is 0 Å². The maximum atomic E-state index is 3.57. The third-order valence-electron chi connectivity index (χ3n) is 2.48. The molecule has 1 rings (SSSR count). The summed E-state index contributed by atoms with van der Waals surface area (Å²) < 4.78 is 0. The van der Waals surface area contributed by atoms with E-state index in [4.69, 9.17) is 0 Å². The van der Waals surface area contributed by atoms with Crippen LogP contribution in [0.25, 0.3) is 0 Å². The van der Waals surface area contributed by atoms with E-state index in [-0.39, 0.29) is 0 Å². The van der Waals surface area contributed by atoms with Crippen LogP contribution in [-0.4, -0.2) is 29.4 Å². The predicted molar refractivity (Wildman–Crippen MR) is 53.3 cm³/mol. The lowest BCUT2D eigenvalue weighted by Gasteiger charge is -2.21. The molecule has 2 heteroatoms. The quantitative estimate of drug-likeness (QED) is 0.658. The van der Waals surface area contributed by atoms with Gasteiger partial charge in [0.15, 0.2) is 0 Å². The maximum Gasteiger partial charge on any atom is 0.0193 e. The van der Waals surface area contributed by atoms with Gasteiger partial charge in [-0.25, -0.2) is 0 Å². The zero-order chi connectivity index (χ0) is 8.10. The molecule has 1 fully saturated rings. The van der Waals surface area contributed by atoms with Crippen LogP contribution in [-0.2, 0) is 0 Å². The molecule has 1 saturated heterocycles. The zero-order valence-electron chi connectivity index (χ0n) is 7.35. The second-order valence-electron chi connectivity index (χ2n) is 3.34. The first-order valence-electron chi connectivity index (χ1n) is 4.68. The van der Waals surface area contributed by atoms with Crippen LogP contribution < -0.4 is 0 Å². The first-order chi connectivity index (χ1) is 5.38. The van der Waals surface area contributed by atoms with Gasteiger partial charge < -0.3 is 0 Å². The molecule has 0 radical (unpaired) electrons. The molecule has 1 nitrogen and oxygen atoms in total. The molecule has 0 aromatic heterocycles. The summed E-state index contributed by atoms with van der Waals surface area (Å²) in [5.74, 6) is 0. The molecule has 1 aliphatic heterocycles. The third-order valence-corrected chi connectivity index (χ3v) is 3.22. The van der Waals surface area contributed by atoms with Crippen molar-refractivity contribution >= 4 is 15.9 Å². The summed E-state index contributed by atoms with van der Waals surface area (Å²) in [4.78, 5) is 2.62. The molecule has 0 aromatic rings. The highest BCUT2D eigenvalue weighted by Gasteiger charge is 2.21. The van der Waals surface area contributed by atoms with Gasteiger partial charge in [0, 0.05) is 11.4 Å². The second-order valence-corrected chi connectivity index (χ2v) is 3.99. The molecule has 1 aliphatic rings. The minimum absolute atomic E-state index is 0.835. The Balaban J connectivity index is 2.20. The molecule has 0 N–H and O–H groups in total. The highest BCUT2D eigenvalue weighted by Crippen LogP contribution is 2.18. The van der Waals surface area contributed by atoms with Gasteiger partial charge in [-0.05, 0) is 32.4 Å². The Morgan fingerprint density at radius 2 is 2.36 bits per heavy atom. The first kappa shape index (κ1) is 9.53. The molecule has 1 atom stereocenters. The van der Waals surface area contributed by atoms with Gasteiger partial charge in [0.25, 0.3) is 0 Å². The van der Waals surface area contributed by atoms with Crippen LogP contribution in [0.4, 0.5) is 0 Å². The van der Waals surface area contributed by atoms with Crippen LogP contribution >= 0.6 is 15.9 Å². The van der Waals surface area contributed by atoms with E-state index in [1.165, 1.54) is 38.8 Å². The van der Waals surface area contributed by atoms with Crippen LogP contribution in [0.5, 0.6) is 0 Å². The minimum atomic E-state index is 0.835. The lowest BCUT2D eigenvalue weighted by molar-refractivity contribution is 0.269. The molecule has 11 heavy (non-hydrogen) atoms. The van der Waals surface area contributed by atoms with Crippen LogP contribution in [0.15, 0.2) is 0 Å². The van der Waals surface area contributed by atoms with Gasteiger partial charge >= 0.3 is 0 Å². The van der Waals surface area contributed by atoms with Crippen molar-refractivity contribution in [3.05, 3.63) is 0 Å². The highest BCUT2D eigenvalue weighted by molar-refractivity contribution is 9.09. The average Bonchev–Trinajstić information content (AvgIpc) is 2.47. The lowest BCUT2D eigenvalue weighted by Crippen LogP contribution is -2.31. The fourth-order valence-electron chi connectivity index (χ4n) is 1.73. The largest absolute Gasteiger partial charge is 0.300 e. The van der Waals surface area contributed by atoms with Crippen molar-refractivity contribution < 1.29 is 0 Å². The molecule has 0 saturated carbocycles. The summed E-state index contributed by atoms with van der Waals surface area (Å²) in [6, 6.07) is 0.835. The van der Waals surface area contributed by atoms with Gasteiger partial charge in [-0.15, -0.1) is 0 Å². The molecule has 0 aliphatic carbocycles. The summed E-state index contributed by atoms with van der Waals surface area (Å²) in [6.07, 6.45) is 5.49. The fourth-order valence-corrected chi connectivity index (χ4v) is 2.46. The smallest absolute Gasteiger partial charge is 0.0193 e. The molecule has 66 valence electrons. The zero-order valence-corrected chi connectivity index (χ0v) is 8.94. The molecule has 1 heterocycles. The number of hydrogen-bond acceptors (Lipinski definition) is 1. The fraction of sp³-hybridized carbons (Fsp3) is 1.00. The van der Waals surface area contributed by atoms with E-state index in [1.807, 2.05) is 0 Å². The Bertz CT molecular complexity index is 106. The van der Waals surface area contributed by atoms with E-state index >= 15 is 0 Å². The predicted octanol–water partition coefficient (Wildman–Crippen LogP) is 2.65. The standard InChI is InChI=1S/C9H18BrN/c1-2-3-6-11-7-4-5-9(11)8-10/h9H,2-8H2,1H3. The summed E-state index contributed by atoms with van der Waals surface area (Å²) in [6.45, 7) is 4.91. The Labute approximate surface area is 78.3 Å². The van der Waals surface area contributed by atoms with Crippen molar-refractivity contribution in [1.82, 2.24) is 4.90 Å². The molecule has 1 unspecified atom stereocenters. The van der Waals surface area contributed by atoms with E-state index in [0.29, 0.717) is 0 Å². The number of halogens is 1. The van der Waals surface area contributed by atoms with Gasteiger partial charge in [0.05, 0.1) is 0 Å². The van der Waals surface area contributed by atoms with Crippen molar-refractivity contribution in [2.45, 2.75) is 38.6 Å². The third kappa shape index (κ3) is 2.75. The Morgan fingerprint density at radius 1 is 1.55 bits per heavy atom. The van der Waals surface area contributed by atoms with Crippen molar-refractivity contribution in [3.8, 4) is 0 Å². The Kier molecular flexibility index (Phi) is 4.46. The van der Waals surface area contributed by atoms with E-state index in [1.54, 1.807) is 0 Å². The minimum Gasteiger partial charge on any atom is -0.300 e. The maximum absolute atomic E-state index is 3.57. The molecular weight excluding hydrogens is 202 g/mol. The molecular formula is C9H18BrN. The summed E-state index contributed by atoms with van der Waals surface area (Å²) in [5, 5.41) is 1.16. The number of hydrogen-bond donors (Lipinski definition) is 0. The van der Waals surface area contributed by atoms with Crippen LogP contribution in [0.1, 0.15) is 32.6 Å². The van der Waals surface area contributed by atoms with Gasteiger partial charge in [-0.1, -0.05) is 29.3 Å². The molecule has 0 spiro atoms. The van der Waals surface area contributed by atoms with E-state index in [9.17, 15) is 0 Å². The number of unbranched alkanes of at least 4 members (excludes halogenated alkanes) is 1. The monoisotopic (exact) mass is 219 g/mol. The Morgan fingerprint density at radius 3 is 3.00 bits per heavy atom. The number of alkyl halides is 1.